The number of hydrazone groups is 1. The van der Waals surface area contributed by atoms with E-state index in [1.807, 2.05) is 0 Å². The van der Waals surface area contributed by atoms with Crippen LogP contribution >= 0.6 is 23.2 Å². The highest BCUT2D eigenvalue weighted by Gasteiger charge is 2.33. The number of nitro groups is 1. The van der Waals surface area contributed by atoms with Crippen LogP contribution in [0, 0.1) is 17.0 Å². The van der Waals surface area contributed by atoms with Crippen molar-refractivity contribution in [2.24, 2.45) is 5.10 Å². The molecule has 2 aromatic carbocycles. The number of nitrogens with zero attached hydrogens (tertiary/aromatic N) is 3. The minimum atomic E-state index is -4.71. The number of alkyl halides is 3. The van der Waals surface area contributed by atoms with Crippen LogP contribution in [-0.2, 0) is 6.18 Å². The molecule has 0 saturated carbocycles. The van der Waals surface area contributed by atoms with Crippen LogP contribution in [-0.4, -0.2) is 16.3 Å². The largest absolute Gasteiger partial charge is 0.416 e. The van der Waals surface area contributed by atoms with Crippen LogP contribution in [0.3, 0.4) is 0 Å². The monoisotopic (exact) mass is 458 g/mol. The Morgan fingerprint density at radius 3 is 2.50 bits per heavy atom. The molecule has 3 rings (SSSR count). The number of hydrogen-bond acceptors (Lipinski definition) is 6. The number of rotatable bonds is 5. The van der Waals surface area contributed by atoms with Crippen molar-refractivity contribution in [3.8, 4) is 11.3 Å². The summed E-state index contributed by atoms with van der Waals surface area (Å²) in [4.78, 5) is 10.2. The summed E-state index contributed by atoms with van der Waals surface area (Å²) < 4.78 is 43.6. The van der Waals surface area contributed by atoms with Gasteiger partial charge < -0.3 is 4.52 Å². The van der Waals surface area contributed by atoms with Gasteiger partial charge in [0, 0.05) is 11.6 Å². The molecule has 1 heterocycles. The molecule has 1 aromatic heterocycles. The van der Waals surface area contributed by atoms with Gasteiger partial charge >= 0.3 is 6.18 Å². The number of nitrogens with one attached hydrogen (secondary N) is 1. The van der Waals surface area contributed by atoms with Gasteiger partial charge in [-0.1, -0.05) is 34.4 Å². The van der Waals surface area contributed by atoms with Crippen LogP contribution in [0.25, 0.3) is 11.3 Å². The molecule has 1 N–H and O–H groups in total. The number of aryl methyl sites for hydroxylation is 1. The first-order chi connectivity index (χ1) is 14.1. The fourth-order valence-electron chi connectivity index (χ4n) is 2.56. The third-order valence-electron chi connectivity index (χ3n) is 4.01. The topological polar surface area (TPSA) is 93.6 Å². The highest BCUT2D eigenvalue weighted by molar-refractivity contribution is 6.39. The molecule has 0 bridgehead atoms. The van der Waals surface area contributed by atoms with Gasteiger partial charge in [-0.25, -0.2) is 0 Å². The zero-order valence-electron chi connectivity index (χ0n) is 15.0. The van der Waals surface area contributed by atoms with Gasteiger partial charge in [-0.2, -0.15) is 18.3 Å². The summed E-state index contributed by atoms with van der Waals surface area (Å²) in [7, 11) is 0. The minimum Gasteiger partial charge on any atom is -0.360 e. The van der Waals surface area contributed by atoms with Crippen LogP contribution in [0.2, 0.25) is 10.0 Å². The Bertz CT molecular complexity index is 1130. The number of benzene rings is 2. The molecular weight excluding hydrogens is 448 g/mol. The van der Waals surface area contributed by atoms with Gasteiger partial charge in [0.1, 0.15) is 17.1 Å². The third kappa shape index (κ3) is 4.39. The number of aromatic nitrogens is 1. The Kier molecular flexibility index (Phi) is 5.99. The van der Waals surface area contributed by atoms with Crippen LogP contribution in [0.15, 0.2) is 46.0 Å². The van der Waals surface area contributed by atoms with Crippen molar-refractivity contribution in [1.29, 1.82) is 0 Å². The Balaban J connectivity index is 1.94. The van der Waals surface area contributed by atoms with E-state index in [4.69, 9.17) is 27.7 Å². The van der Waals surface area contributed by atoms with Gasteiger partial charge in [0.05, 0.1) is 32.3 Å². The molecule has 0 radical (unpaired) electrons. The molecule has 156 valence electrons. The average Bonchev–Trinajstić information content (AvgIpc) is 3.01. The molecular formula is C18H11Cl2F3N4O3. The number of halogens is 5. The van der Waals surface area contributed by atoms with E-state index in [0.717, 1.165) is 6.07 Å². The van der Waals surface area contributed by atoms with E-state index in [-0.39, 0.29) is 11.4 Å². The van der Waals surface area contributed by atoms with Gasteiger partial charge in [0.25, 0.3) is 5.69 Å². The molecule has 0 saturated heterocycles. The Morgan fingerprint density at radius 1 is 1.23 bits per heavy atom. The van der Waals surface area contributed by atoms with Crippen molar-refractivity contribution in [2.75, 3.05) is 5.43 Å². The molecule has 7 nitrogen and oxygen atoms in total. The maximum absolute atomic E-state index is 12.8. The molecule has 0 aliphatic carbocycles. The van der Waals surface area contributed by atoms with E-state index in [9.17, 15) is 23.3 Å². The average molecular weight is 459 g/mol. The first kappa shape index (κ1) is 21.6. The Labute approximate surface area is 177 Å². The van der Waals surface area contributed by atoms with Gasteiger partial charge in [0.2, 0.25) is 0 Å². The lowest BCUT2D eigenvalue weighted by Gasteiger charge is -2.08. The fraction of sp³-hybridized carbons (Fsp3) is 0.111. The van der Waals surface area contributed by atoms with Crippen LogP contribution in [0.4, 0.5) is 24.5 Å². The molecule has 0 amide bonds. The van der Waals surface area contributed by atoms with Crippen molar-refractivity contribution in [3.05, 3.63) is 73.4 Å². The lowest BCUT2D eigenvalue weighted by atomic mass is 10.1. The molecule has 0 fully saturated rings. The van der Waals surface area contributed by atoms with E-state index >= 15 is 0 Å². The summed E-state index contributed by atoms with van der Waals surface area (Å²) in [5.74, 6) is 0.355. The minimum absolute atomic E-state index is 0.226. The van der Waals surface area contributed by atoms with Crippen molar-refractivity contribution in [1.82, 2.24) is 5.16 Å². The maximum Gasteiger partial charge on any atom is 0.416 e. The summed E-state index contributed by atoms with van der Waals surface area (Å²) in [6, 6.07) is 6.93. The quantitative estimate of drug-likeness (QED) is 0.273. The van der Waals surface area contributed by atoms with Crippen molar-refractivity contribution in [2.45, 2.75) is 13.1 Å². The van der Waals surface area contributed by atoms with E-state index in [1.54, 1.807) is 25.1 Å². The van der Waals surface area contributed by atoms with Gasteiger partial charge in [-0.3, -0.25) is 15.5 Å². The van der Waals surface area contributed by atoms with Crippen molar-refractivity contribution < 1.29 is 22.6 Å². The second kappa shape index (κ2) is 8.33. The van der Waals surface area contributed by atoms with E-state index in [2.05, 4.69) is 15.7 Å². The molecule has 0 atom stereocenters. The number of hydrogen-bond donors (Lipinski definition) is 1. The lowest BCUT2D eigenvalue weighted by Crippen LogP contribution is -2.06. The van der Waals surface area contributed by atoms with Crippen LogP contribution in [0.1, 0.15) is 16.9 Å². The summed E-state index contributed by atoms with van der Waals surface area (Å²) in [5, 5.41) is 19.6. The normalized spacial score (nSPS) is 11.8. The zero-order valence-corrected chi connectivity index (χ0v) is 16.5. The predicted molar refractivity (Wildman–Crippen MR) is 106 cm³/mol. The van der Waals surface area contributed by atoms with E-state index < -0.39 is 22.4 Å². The molecule has 30 heavy (non-hydrogen) atoms. The number of nitro benzene ring substituents is 1. The molecule has 3 aromatic rings. The zero-order chi connectivity index (χ0) is 22.1. The Hall–Kier alpha value is -3.11. The first-order valence-electron chi connectivity index (χ1n) is 8.15. The van der Waals surface area contributed by atoms with E-state index in [1.165, 1.54) is 6.21 Å². The predicted octanol–water partition coefficient (Wildman–Crippen LogP) is 6.33. The summed E-state index contributed by atoms with van der Waals surface area (Å²) in [6.07, 6.45) is -3.46. The molecule has 12 heteroatoms. The second-order valence-electron chi connectivity index (χ2n) is 5.95. The smallest absolute Gasteiger partial charge is 0.360 e. The standard InChI is InChI=1S/C18H11Cl2F3N4O3/c1-9-11(17(26-30-9)16-12(19)3-2-4-13(16)20)8-24-25-14-6-5-10(18(21,22)23)7-15(14)27(28)29/h2-8,25H,1H3. The highest BCUT2D eigenvalue weighted by atomic mass is 35.5. The van der Waals surface area contributed by atoms with Gasteiger partial charge in [-0.15, -0.1) is 0 Å². The fourth-order valence-corrected chi connectivity index (χ4v) is 3.13. The highest BCUT2D eigenvalue weighted by Crippen LogP contribution is 2.37. The second-order valence-corrected chi connectivity index (χ2v) is 6.77. The van der Waals surface area contributed by atoms with Crippen molar-refractivity contribution >= 4 is 40.8 Å². The SMILES string of the molecule is Cc1onc(-c2c(Cl)cccc2Cl)c1C=NNc1ccc(C(F)(F)F)cc1[N+](=O)[O-]. The van der Waals surface area contributed by atoms with Gasteiger partial charge in [0.15, 0.2) is 0 Å². The molecule has 0 spiro atoms. The molecule has 0 unspecified atom stereocenters. The van der Waals surface area contributed by atoms with Crippen LogP contribution in [0.5, 0.6) is 0 Å². The summed E-state index contributed by atoms with van der Waals surface area (Å²) in [5.41, 5.74) is 1.29. The van der Waals surface area contributed by atoms with Crippen LogP contribution < -0.4 is 5.43 Å². The first-order valence-corrected chi connectivity index (χ1v) is 8.90. The summed E-state index contributed by atoms with van der Waals surface area (Å²) in [6.45, 7) is 1.60. The lowest BCUT2D eigenvalue weighted by molar-refractivity contribution is -0.384. The van der Waals surface area contributed by atoms with E-state index in [0.29, 0.717) is 39.1 Å². The Morgan fingerprint density at radius 2 is 1.90 bits per heavy atom. The summed E-state index contributed by atoms with van der Waals surface area (Å²) >= 11 is 12.4. The molecule has 0 aliphatic rings. The third-order valence-corrected chi connectivity index (χ3v) is 4.64. The number of anilines is 1. The van der Waals surface area contributed by atoms with Crippen molar-refractivity contribution in [3.63, 3.8) is 0 Å². The molecule has 0 aliphatic heterocycles. The van der Waals surface area contributed by atoms with Gasteiger partial charge in [-0.05, 0) is 31.2 Å². The maximum atomic E-state index is 12.8.